The Labute approximate surface area is 176 Å². The SMILES string of the molecule is CCNC(=NCCCc1nc(C(C)C)no1)NCCc1csc(C)n1.I. The largest absolute Gasteiger partial charge is 0.357 e. The van der Waals surface area contributed by atoms with E-state index in [1.165, 1.54) is 0 Å². The highest BCUT2D eigenvalue weighted by molar-refractivity contribution is 14.0. The number of aliphatic imine (C=N–C) groups is 1. The summed E-state index contributed by atoms with van der Waals surface area (Å²) in [6, 6.07) is 0. The maximum absolute atomic E-state index is 5.25. The molecule has 0 aliphatic heterocycles. The van der Waals surface area contributed by atoms with Crippen LogP contribution in [0.3, 0.4) is 0 Å². The van der Waals surface area contributed by atoms with E-state index >= 15 is 0 Å². The van der Waals surface area contributed by atoms with Gasteiger partial charge in [-0.05, 0) is 20.3 Å². The summed E-state index contributed by atoms with van der Waals surface area (Å²) < 4.78 is 5.25. The summed E-state index contributed by atoms with van der Waals surface area (Å²) >= 11 is 1.69. The molecule has 2 aromatic rings. The number of halogens is 1. The second-order valence-corrected chi connectivity index (χ2v) is 7.16. The molecule has 0 amide bonds. The van der Waals surface area contributed by atoms with Gasteiger partial charge >= 0.3 is 0 Å². The van der Waals surface area contributed by atoms with Crippen LogP contribution in [0.4, 0.5) is 0 Å². The molecule has 2 rings (SSSR count). The van der Waals surface area contributed by atoms with Crippen LogP contribution in [0, 0.1) is 6.92 Å². The lowest BCUT2D eigenvalue weighted by Gasteiger charge is -2.10. The minimum atomic E-state index is 0. The van der Waals surface area contributed by atoms with Crippen LogP contribution in [0.1, 0.15) is 55.5 Å². The molecule has 2 aromatic heterocycles. The molecule has 0 fully saturated rings. The molecule has 0 saturated heterocycles. The van der Waals surface area contributed by atoms with Crippen molar-refractivity contribution in [2.45, 2.75) is 52.9 Å². The van der Waals surface area contributed by atoms with Crippen molar-refractivity contribution in [1.82, 2.24) is 25.8 Å². The zero-order valence-electron chi connectivity index (χ0n) is 15.9. The molecule has 26 heavy (non-hydrogen) atoms. The zero-order valence-corrected chi connectivity index (χ0v) is 19.1. The van der Waals surface area contributed by atoms with E-state index in [0.29, 0.717) is 18.4 Å². The number of hydrogen-bond acceptors (Lipinski definition) is 6. The maximum Gasteiger partial charge on any atom is 0.226 e. The lowest BCUT2D eigenvalue weighted by atomic mass is 10.2. The minimum absolute atomic E-state index is 0. The van der Waals surface area contributed by atoms with Gasteiger partial charge < -0.3 is 15.2 Å². The summed E-state index contributed by atoms with van der Waals surface area (Å²) in [5, 5.41) is 13.8. The molecule has 0 aliphatic carbocycles. The summed E-state index contributed by atoms with van der Waals surface area (Å²) in [7, 11) is 0. The number of rotatable bonds is 9. The Morgan fingerprint density at radius 1 is 1.27 bits per heavy atom. The van der Waals surface area contributed by atoms with Gasteiger partial charge in [-0.15, -0.1) is 35.3 Å². The molecule has 9 heteroatoms. The first-order valence-electron chi connectivity index (χ1n) is 8.84. The summed E-state index contributed by atoms with van der Waals surface area (Å²) in [4.78, 5) is 13.4. The third-order valence-corrected chi connectivity index (χ3v) is 4.33. The highest BCUT2D eigenvalue weighted by Crippen LogP contribution is 2.10. The van der Waals surface area contributed by atoms with E-state index in [1.54, 1.807) is 11.3 Å². The Morgan fingerprint density at radius 3 is 2.69 bits per heavy atom. The summed E-state index contributed by atoms with van der Waals surface area (Å²) in [5.74, 6) is 2.59. The second-order valence-electron chi connectivity index (χ2n) is 6.10. The number of guanidine groups is 1. The molecule has 0 spiro atoms. The van der Waals surface area contributed by atoms with Crippen LogP contribution in [0.25, 0.3) is 0 Å². The van der Waals surface area contributed by atoms with Gasteiger partial charge in [-0.3, -0.25) is 4.99 Å². The lowest BCUT2D eigenvalue weighted by Crippen LogP contribution is -2.38. The molecule has 0 aromatic carbocycles. The van der Waals surface area contributed by atoms with Gasteiger partial charge in [0.1, 0.15) is 0 Å². The maximum atomic E-state index is 5.25. The first kappa shape index (κ1) is 22.8. The summed E-state index contributed by atoms with van der Waals surface area (Å²) in [6.45, 7) is 10.6. The van der Waals surface area contributed by atoms with E-state index in [4.69, 9.17) is 4.52 Å². The van der Waals surface area contributed by atoms with Crippen molar-refractivity contribution < 1.29 is 4.52 Å². The molecular weight excluding hydrogens is 463 g/mol. The van der Waals surface area contributed by atoms with Gasteiger partial charge in [-0.2, -0.15) is 4.98 Å². The standard InChI is InChI=1S/C17H28N6OS.HI/c1-5-18-17(20-10-8-14-11-25-13(4)21-14)19-9-6-7-15-22-16(12(2)3)23-24-15;/h11-12H,5-10H2,1-4H3,(H2,18,19,20);1H. The Morgan fingerprint density at radius 2 is 2.08 bits per heavy atom. The fourth-order valence-electron chi connectivity index (χ4n) is 2.20. The number of nitrogens with one attached hydrogen (secondary N) is 2. The van der Waals surface area contributed by atoms with E-state index in [9.17, 15) is 0 Å². The van der Waals surface area contributed by atoms with Gasteiger partial charge in [0.2, 0.25) is 5.89 Å². The van der Waals surface area contributed by atoms with Crippen LogP contribution in [0.5, 0.6) is 0 Å². The minimum Gasteiger partial charge on any atom is -0.357 e. The average molecular weight is 492 g/mol. The van der Waals surface area contributed by atoms with E-state index in [1.807, 2.05) is 6.92 Å². The van der Waals surface area contributed by atoms with Gasteiger partial charge in [0.15, 0.2) is 11.8 Å². The van der Waals surface area contributed by atoms with Gasteiger partial charge in [-0.25, -0.2) is 4.98 Å². The van der Waals surface area contributed by atoms with Gasteiger partial charge in [-0.1, -0.05) is 19.0 Å². The molecule has 0 aliphatic rings. The van der Waals surface area contributed by atoms with Crippen molar-refractivity contribution in [1.29, 1.82) is 0 Å². The first-order valence-corrected chi connectivity index (χ1v) is 9.72. The Hall–Kier alpha value is -1.23. The molecule has 146 valence electrons. The van der Waals surface area contributed by atoms with E-state index in [2.05, 4.69) is 56.9 Å². The van der Waals surface area contributed by atoms with Gasteiger partial charge in [0.05, 0.1) is 10.7 Å². The van der Waals surface area contributed by atoms with Crippen LogP contribution in [0.2, 0.25) is 0 Å². The van der Waals surface area contributed by atoms with Crippen molar-refractivity contribution in [3.05, 3.63) is 27.8 Å². The highest BCUT2D eigenvalue weighted by atomic mass is 127. The van der Waals surface area contributed by atoms with Gasteiger partial charge in [0.25, 0.3) is 0 Å². The molecular formula is C17H29IN6OS. The fraction of sp³-hybridized carbons (Fsp3) is 0.647. The van der Waals surface area contributed by atoms with Crippen LogP contribution in [-0.2, 0) is 12.8 Å². The molecule has 0 atom stereocenters. The fourth-order valence-corrected chi connectivity index (χ4v) is 2.85. The topological polar surface area (TPSA) is 88.2 Å². The molecule has 2 heterocycles. The van der Waals surface area contributed by atoms with Crippen LogP contribution in [-0.4, -0.2) is 40.7 Å². The van der Waals surface area contributed by atoms with Gasteiger partial charge in [0, 0.05) is 43.8 Å². The average Bonchev–Trinajstić information content (AvgIpc) is 3.20. The third kappa shape index (κ3) is 7.98. The summed E-state index contributed by atoms with van der Waals surface area (Å²) in [5.41, 5.74) is 1.13. The monoisotopic (exact) mass is 492 g/mol. The van der Waals surface area contributed by atoms with Crippen molar-refractivity contribution in [3.63, 3.8) is 0 Å². The summed E-state index contributed by atoms with van der Waals surface area (Å²) in [6.07, 6.45) is 2.52. The predicted molar refractivity (Wildman–Crippen MR) is 117 cm³/mol. The van der Waals surface area contributed by atoms with E-state index in [-0.39, 0.29) is 24.0 Å². The van der Waals surface area contributed by atoms with Crippen LogP contribution >= 0.6 is 35.3 Å². The van der Waals surface area contributed by atoms with Crippen LogP contribution < -0.4 is 10.6 Å². The number of aromatic nitrogens is 3. The number of nitrogens with zero attached hydrogens (tertiary/aromatic N) is 4. The van der Waals surface area contributed by atoms with Crippen molar-refractivity contribution >= 4 is 41.3 Å². The van der Waals surface area contributed by atoms with E-state index in [0.717, 1.165) is 54.8 Å². The smallest absolute Gasteiger partial charge is 0.226 e. The van der Waals surface area contributed by atoms with E-state index < -0.39 is 0 Å². The third-order valence-electron chi connectivity index (χ3n) is 3.50. The van der Waals surface area contributed by atoms with Crippen molar-refractivity contribution in [2.75, 3.05) is 19.6 Å². The highest BCUT2D eigenvalue weighted by Gasteiger charge is 2.09. The molecule has 0 radical (unpaired) electrons. The Balaban J connectivity index is 0.00000338. The molecule has 0 bridgehead atoms. The number of hydrogen-bond donors (Lipinski definition) is 2. The Kier molecular flexibility index (Phi) is 10.7. The first-order chi connectivity index (χ1) is 12.1. The quantitative estimate of drug-likeness (QED) is 0.242. The van der Waals surface area contributed by atoms with Crippen LogP contribution in [0.15, 0.2) is 14.9 Å². The molecule has 2 N–H and O–H groups in total. The predicted octanol–water partition coefficient (Wildman–Crippen LogP) is 3.31. The second kappa shape index (κ2) is 12.2. The zero-order chi connectivity index (χ0) is 18.1. The Bertz CT molecular complexity index is 670. The number of thiazole rings is 1. The van der Waals surface area contributed by atoms with Crippen molar-refractivity contribution in [2.24, 2.45) is 4.99 Å². The van der Waals surface area contributed by atoms with Crippen molar-refractivity contribution in [3.8, 4) is 0 Å². The molecule has 0 saturated carbocycles. The normalized spacial score (nSPS) is 11.5. The number of aryl methyl sites for hydroxylation is 2. The molecule has 7 nitrogen and oxygen atoms in total. The lowest BCUT2D eigenvalue weighted by molar-refractivity contribution is 0.369. The molecule has 0 unspecified atom stereocenters.